The van der Waals surface area contributed by atoms with Crippen LogP contribution in [0.3, 0.4) is 0 Å². The number of benzene rings is 4. The third-order valence-corrected chi connectivity index (χ3v) is 13.6. The monoisotopic (exact) mass is 710 g/mol. The summed E-state index contributed by atoms with van der Waals surface area (Å²) in [6, 6.07) is 31.4. The average molecular weight is 710 g/mol. The normalized spacial score (nSPS) is 14.1. The molecule has 0 aromatic heterocycles. The first-order valence-corrected chi connectivity index (χ1v) is 22.2. The third kappa shape index (κ3) is 9.32. The van der Waals surface area contributed by atoms with Crippen LogP contribution < -0.4 is 5.32 Å². The molecule has 0 saturated carbocycles. The largest absolute Gasteiger partial charge is 0.356 e. The molecule has 53 heavy (non-hydrogen) atoms. The highest BCUT2D eigenvalue weighted by Gasteiger charge is 2.43. The van der Waals surface area contributed by atoms with Crippen LogP contribution in [0.25, 0.3) is 11.1 Å². The molecule has 0 heterocycles. The zero-order valence-corrected chi connectivity index (χ0v) is 34.4. The first-order chi connectivity index (χ1) is 25.9. The summed E-state index contributed by atoms with van der Waals surface area (Å²) in [5.74, 6) is 0. The quantitative estimate of drug-likeness (QED) is 0.0756. The first-order valence-electron chi connectivity index (χ1n) is 22.2. The van der Waals surface area contributed by atoms with Crippen LogP contribution in [0.15, 0.2) is 78.9 Å². The van der Waals surface area contributed by atoms with E-state index in [-0.39, 0.29) is 10.8 Å². The Labute approximate surface area is 324 Å². The van der Waals surface area contributed by atoms with E-state index in [0.717, 1.165) is 6.42 Å². The minimum Gasteiger partial charge on any atom is -0.356 e. The minimum atomic E-state index is 0.0832. The third-order valence-electron chi connectivity index (χ3n) is 13.6. The highest BCUT2D eigenvalue weighted by Crippen LogP contribution is 2.56. The van der Waals surface area contributed by atoms with Gasteiger partial charge in [0.1, 0.15) is 0 Å². The summed E-state index contributed by atoms with van der Waals surface area (Å²) in [7, 11) is 0. The molecule has 0 saturated heterocycles. The molecule has 6 rings (SSSR count). The summed E-state index contributed by atoms with van der Waals surface area (Å²) in [6.07, 6.45) is 27.1. The van der Waals surface area contributed by atoms with Crippen molar-refractivity contribution in [3.8, 4) is 11.1 Å². The van der Waals surface area contributed by atoms with Crippen molar-refractivity contribution >= 4 is 11.4 Å². The second kappa shape index (κ2) is 18.8. The molecule has 2 aliphatic carbocycles. The Hall–Kier alpha value is -3.32. The predicted octanol–water partition coefficient (Wildman–Crippen LogP) is 15.5. The van der Waals surface area contributed by atoms with Crippen LogP contribution >= 0.6 is 0 Å². The maximum absolute atomic E-state index is 3.86. The van der Waals surface area contributed by atoms with Crippen LogP contribution in [-0.2, 0) is 36.5 Å². The Morgan fingerprint density at radius 3 is 1.66 bits per heavy atom. The molecule has 2 aliphatic rings. The van der Waals surface area contributed by atoms with Crippen molar-refractivity contribution in [2.24, 2.45) is 0 Å². The lowest BCUT2D eigenvalue weighted by Crippen LogP contribution is -2.27. The zero-order valence-electron chi connectivity index (χ0n) is 34.4. The molecule has 0 unspecified atom stereocenters. The van der Waals surface area contributed by atoms with Gasteiger partial charge in [0.25, 0.3) is 0 Å². The van der Waals surface area contributed by atoms with Crippen molar-refractivity contribution in [3.63, 3.8) is 0 Å². The number of aryl methyl sites for hydroxylation is 4. The number of hydrogen-bond donors (Lipinski definition) is 1. The molecule has 0 spiro atoms. The molecule has 1 N–H and O–H groups in total. The van der Waals surface area contributed by atoms with Crippen LogP contribution in [0.2, 0.25) is 0 Å². The number of hydrogen-bond acceptors (Lipinski definition) is 1. The van der Waals surface area contributed by atoms with E-state index in [9.17, 15) is 0 Å². The van der Waals surface area contributed by atoms with Gasteiger partial charge in [-0.05, 0) is 138 Å². The lowest BCUT2D eigenvalue weighted by atomic mass is 9.69. The van der Waals surface area contributed by atoms with E-state index in [0.29, 0.717) is 0 Å². The van der Waals surface area contributed by atoms with Crippen LogP contribution in [0.1, 0.15) is 183 Å². The number of rotatable bonds is 23. The molecule has 0 aliphatic heterocycles. The summed E-state index contributed by atoms with van der Waals surface area (Å²) in [6.45, 7) is 11.9. The van der Waals surface area contributed by atoms with Crippen molar-refractivity contribution < 1.29 is 0 Å². The highest BCUT2D eigenvalue weighted by molar-refractivity contribution is 5.84. The smallest absolute Gasteiger partial charge is 0.0387 e. The Balaban J connectivity index is 1.24. The molecule has 1 heteroatoms. The minimum absolute atomic E-state index is 0.0832. The zero-order chi connectivity index (χ0) is 37.1. The van der Waals surface area contributed by atoms with E-state index in [4.69, 9.17) is 0 Å². The molecule has 4 aromatic rings. The van der Waals surface area contributed by atoms with Gasteiger partial charge in [0.05, 0.1) is 0 Å². The second-order valence-corrected chi connectivity index (χ2v) is 17.2. The van der Waals surface area contributed by atoms with Crippen molar-refractivity contribution in [3.05, 3.63) is 118 Å². The topological polar surface area (TPSA) is 12.0 Å². The highest BCUT2D eigenvalue weighted by atomic mass is 14.9. The van der Waals surface area contributed by atoms with E-state index < -0.39 is 0 Å². The van der Waals surface area contributed by atoms with Gasteiger partial charge in [-0.25, -0.2) is 0 Å². The molecular formula is C52H71N. The fraction of sp³-hybridized carbons (Fsp3) is 0.538. The van der Waals surface area contributed by atoms with E-state index in [1.54, 1.807) is 27.8 Å². The Morgan fingerprint density at radius 1 is 0.509 bits per heavy atom. The van der Waals surface area contributed by atoms with Gasteiger partial charge in [-0.3, -0.25) is 0 Å². The Kier molecular flexibility index (Phi) is 14.0. The number of unbranched alkanes of at least 4 members (excludes halogenated alkanes) is 10. The van der Waals surface area contributed by atoms with Crippen molar-refractivity contribution in [1.29, 1.82) is 0 Å². The van der Waals surface area contributed by atoms with Gasteiger partial charge in [0.2, 0.25) is 0 Å². The Morgan fingerprint density at radius 2 is 1.06 bits per heavy atom. The van der Waals surface area contributed by atoms with Crippen molar-refractivity contribution in [2.75, 3.05) is 5.32 Å². The lowest BCUT2D eigenvalue weighted by Gasteiger charge is -2.35. The second-order valence-electron chi connectivity index (χ2n) is 17.2. The van der Waals surface area contributed by atoms with Gasteiger partial charge >= 0.3 is 0 Å². The molecule has 0 bridgehead atoms. The maximum Gasteiger partial charge on any atom is 0.0387 e. The van der Waals surface area contributed by atoms with E-state index in [2.05, 4.69) is 119 Å². The van der Waals surface area contributed by atoms with Crippen LogP contribution in [0.5, 0.6) is 0 Å². The van der Waals surface area contributed by atoms with Crippen molar-refractivity contribution in [1.82, 2.24) is 0 Å². The fourth-order valence-electron chi connectivity index (χ4n) is 9.51. The predicted molar refractivity (Wildman–Crippen MR) is 232 cm³/mol. The number of nitrogens with one attached hydrogen (secondary N) is 1. The van der Waals surface area contributed by atoms with E-state index in [1.165, 1.54) is 162 Å². The van der Waals surface area contributed by atoms with E-state index in [1.807, 2.05) is 0 Å². The lowest BCUT2D eigenvalue weighted by molar-refractivity contribution is 0.395. The molecule has 0 radical (unpaired) electrons. The average Bonchev–Trinajstić information content (AvgIpc) is 3.44. The molecule has 4 aromatic carbocycles. The molecule has 1 nitrogen and oxygen atoms in total. The SMILES string of the molecule is CCCCCCCCC1(CCCCCCCC)c2cc(Nc3ccc(CCCc4ccc5c(c4)CC5)cc3)ccc2-c2ccc(C(C)(CC)CC)cc21. The molecule has 0 fully saturated rings. The fourth-order valence-corrected chi connectivity index (χ4v) is 9.51. The van der Waals surface area contributed by atoms with Gasteiger partial charge in [-0.15, -0.1) is 0 Å². The molecular weight excluding hydrogens is 639 g/mol. The van der Waals surface area contributed by atoms with Gasteiger partial charge in [0, 0.05) is 16.8 Å². The summed E-state index contributed by atoms with van der Waals surface area (Å²) in [4.78, 5) is 0. The summed E-state index contributed by atoms with van der Waals surface area (Å²) >= 11 is 0. The number of anilines is 2. The van der Waals surface area contributed by atoms with Crippen LogP contribution in [0.4, 0.5) is 11.4 Å². The standard InChI is InChI=1S/C52H71N/c1-6-10-12-14-16-18-35-52(36-19-17-15-13-11-7-2)49-38-44(51(5,8-3)9-4)29-33-47(49)48-34-32-46(39-50(48)52)53-45-30-24-40(25-31-45)21-20-22-41-23-26-42-27-28-43(42)37-41/h23-26,29-34,37-39,53H,6-22,27-28,35-36H2,1-5H3. The Bertz CT molecular complexity index is 1720. The van der Waals surface area contributed by atoms with Crippen LogP contribution in [-0.4, -0.2) is 0 Å². The van der Waals surface area contributed by atoms with Gasteiger partial charge in [-0.1, -0.05) is 166 Å². The van der Waals surface area contributed by atoms with Gasteiger partial charge in [0.15, 0.2) is 0 Å². The van der Waals surface area contributed by atoms with E-state index >= 15 is 0 Å². The van der Waals surface area contributed by atoms with Gasteiger partial charge < -0.3 is 5.32 Å². The molecule has 0 amide bonds. The first kappa shape index (κ1) is 39.4. The molecule has 284 valence electrons. The maximum atomic E-state index is 3.86. The summed E-state index contributed by atoms with van der Waals surface area (Å²) in [5, 5.41) is 3.86. The number of fused-ring (bicyclic) bond motifs is 4. The molecule has 0 atom stereocenters. The summed E-state index contributed by atoms with van der Waals surface area (Å²) in [5.41, 5.74) is 16.5. The summed E-state index contributed by atoms with van der Waals surface area (Å²) < 4.78 is 0. The van der Waals surface area contributed by atoms with Crippen molar-refractivity contribution in [2.45, 2.75) is 180 Å². The van der Waals surface area contributed by atoms with Gasteiger partial charge in [-0.2, -0.15) is 0 Å². The van der Waals surface area contributed by atoms with Crippen LogP contribution in [0, 0.1) is 0 Å².